The van der Waals surface area contributed by atoms with Crippen molar-refractivity contribution in [3.05, 3.63) is 35.9 Å². The molecular formula is C16H21NO4S. The first-order chi connectivity index (χ1) is 10.6. The van der Waals surface area contributed by atoms with Crippen LogP contribution in [0.2, 0.25) is 0 Å². The fourth-order valence-corrected chi connectivity index (χ4v) is 3.16. The lowest BCUT2D eigenvalue weighted by molar-refractivity contribution is -0.109. The van der Waals surface area contributed by atoms with E-state index in [-0.39, 0.29) is 17.8 Å². The summed E-state index contributed by atoms with van der Waals surface area (Å²) in [6.45, 7) is 2.28. The fraction of sp³-hybridized carbons (Fsp3) is 0.500. The highest BCUT2D eigenvalue weighted by molar-refractivity contribution is 8.13. The third kappa shape index (κ3) is 4.74. The molecule has 2 atom stereocenters. The van der Waals surface area contributed by atoms with Gasteiger partial charge in [0, 0.05) is 19.2 Å². The summed E-state index contributed by atoms with van der Waals surface area (Å²) in [6, 6.07) is 9.22. The third-order valence-corrected chi connectivity index (χ3v) is 4.56. The number of rotatable bonds is 5. The fourth-order valence-electron chi connectivity index (χ4n) is 2.54. The van der Waals surface area contributed by atoms with Crippen molar-refractivity contribution < 1.29 is 19.4 Å². The minimum absolute atomic E-state index is 0.0322. The Bertz CT molecular complexity index is 508. The number of amides is 1. The van der Waals surface area contributed by atoms with Crippen molar-refractivity contribution in [2.24, 2.45) is 0 Å². The van der Waals surface area contributed by atoms with Crippen LogP contribution in [-0.2, 0) is 16.1 Å². The van der Waals surface area contributed by atoms with Crippen molar-refractivity contribution in [1.29, 1.82) is 0 Å². The Balaban J connectivity index is 1.86. The Morgan fingerprint density at radius 2 is 2.14 bits per heavy atom. The van der Waals surface area contributed by atoms with E-state index in [4.69, 9.17) is 4.74 Å². The zero-order valence-corrected chi connectivity index (χ0v) is 13.4. The van der Waals surface area contributed by atoms with Crippen LogP contribution in [0, 0.1) is 0 Å². The Kier molecular flexibility index (Phi) is 6.27. The quantitative estimate of drug-likeness (QED) is 0.901. The zero-order valence-electron chi connectivity index (χ0n) is 12.6. The van der Waals surface area contributed by atoms with Crippen LogP contribution >= 0.6 is 11.8 Å². The molecule has 1 saturated heterocycles. The third-order valence-electron chi connectivity index (χ3n) is 3.64. The lowest BCUT2D eigenvalue weighted by Gasteiger charge is -2.27. The lowest BCUT2D eigenvalue weighted by atomic mass is 10.1. The van der Waals surface area contributed by atoms with E-state index in [1.54, 1.807) is 4.90 Å². The average Bonchev–Trinajstić information content (AvgIpc) is 3.01. The van der Waals surface area contributed by atoms with Gasteiger partial charge in [-0.05, 0) is 18.4 Å². The van der Waals surface area contributed by atoms with Crippen molar-refractivity contribution in [2.45, 2.75) is 38.5 Å². The maximum atomic E-state index is 12.2. The molecule has 22 heavy (non-hydrogen) atoms. The number of ether oxygens (including phenoxy) is 1. The van der Waals surface area contributed by atoms with E-state index in [0.29, 0.717) is 12.3 Å². The van der Waals surface area contributed by atoms with E-state index in [2.05, 4.69) is 0 Å². The van der Waals surface area contributed by atoms with Gasteiger partial charge in [0.05, 0.1) is 12.1 Å². The first-order valence-corrected chi connectivity index (χ1v) is 8.35. The molecule has 0 saturated carbocycles. The summed E-state index contributed by atoms with van der Waals surface area (Å²) >= 11 is 1.08. The van der Waals surface area contributed by atoms with Crippen LogP contribution in [0.1, 0.15) is 25.3 Å². The van der Waals surface area contributed by atoms with E-state index in [1.807, 2.05) is 30.3 Å². The number of hydrogen-bond donors (Lipinski definition) is 1. The van der Waals surface area contributed by atoms with Gasteiger partial charge in [-0.2, -0.15) is 0 Å². The van der Waals surface area contributed by atoms with Crippen LogP contribution in [0.4, 0.5) is 4.79 Å². The smallest absolute Gasteiger partial charge is 0.410 e. The molecule has 1 heterocycles. The molecule has 0 bridgehead atoms. The van der Waals surface area contributed by atoms with E-state index in [0.717, 1.165) is 30.2 Å². The summed E-state index contributed by atoms with van der Waals surface area (Å²) in [5.41, 5.74) is 0.930. The topological polar surface area (TPSA) is 66.8 Å². The number of benzene rings is 1. The molecule has 6 heteroatoms. The minimum Gasteiger partial charge on any atom is -0.445 e. The van der Waals surface area contributed by atoms with Crippen LogP contribution in [0.3, 0.4) is 0 Å². The summed E-state index contributed by atoms with van der Waals surface area (Å²) in [7, 11) is 0. The largest absolute Gasteiger partial charge is 0.445 e. The Morgan fingerprint density at radius 3 is 2.82 bits per heavy atom. The molecular weight excluding hydrogens is 302 g/mol. The Labute approximate surface area is 134 Å². The highest BCUT2D eigenvalue weighted by Gasteiger charge is 2.34. The summed E-state index contributed by atoms with van der Waals surface area (Å²) in [6.07, 6.45) is 0.464. The number of hydrogen-bond acceptors (Lipinski definition) is 5. The second-order valence-electron chi connectivity index (χ2n) is 5.31. The molecule has 1 aliphatic heterocycles. The van der Waals surface area contributed by atoms with Gasteiger partial charge in [-0.1, -0.05) is 42.1 Å². The van der Waals surface area contributed by atoms with Gasteiger partial charge in [-0.25, -0.2) is 4.79 Å². The van der Waals surface area contributed by atoms with Crippen LogP contribution in [-0.4, -0.2) is 45.7 Å². The van der Waals surface area contributed by atoms with Gasteiger partial charge in [0.1, 0.15) is 6.61 Å². The van der Waals surface area contributed by atoms with Crippen molar-refractivity contribution in [2.75, 3.05) is 12.3 Å². The second kappa shape index (κ2) is 8.19. The van der Waals surface area contributed by atoms with Gasteiger partial charge in [0.25, 0.3) is 0 Å². The number of carbonyl (C=O) groups is 2. The lowest BCUT2D eigenvalue weighted by Crippen LogP contribution is -2.44. The average molecular weight is 323 g/mol. The first kappa shape index (κ1) is 16.8. The molecule has 1 fully saturated rings. The monoisotopic (exact) mass is 323 g/mol. The number of thioether (sulfide) groups is 1. The number of aliphatic hydroxyl groups excluding tert-OH is 1. The molecule has 1 amide bonds. The van der Waals surface area contributed by atoms with Gasteiger partial charge in [0.15, 0.2) is 5.12 Å². The number of nitrogens with zero attached hydrogens (tertiary/aromatic N) is 1. The van der Waals surface area contributed by atoms with Crippen LogP contribution in [0.15, 0.2) is 30.3 Å². The van der Waals surface area contributed by atoms with E-state index in [1.165, 1.54) is 6.92 Å². The van der Waals surface area contributed by atoms with E-state index >= 15 is 0 Å². The molecule has 0 aromatic heterocycles. The van der Waals surface area contributed by atoms with Crippen molar-refractivity contribution in [3.63, 3.8) is 0 Å². The molecule has 1 aliphatic rings. The first-order valence-electron chi connectivity index (χ1n) is 7.36. The molecule has 120 valence electrons. The number of aliphatic hydroxyl groups is 1. The van der Waals surface area contributed by atoms with Crippen LogP contribution < -0.4 is 0 Å². The van der Waals surface area contributed by atoms with Gasteiger partial charge in [-0.3, -0.25) is 4.79 Å². The molecule has 0 unspecified atom stereocenters. The van der Waals surface area contributed by atoms with Crippen LogP contribution in [0.5, 0.6) is 0 Å². The van der Waals surface area contributed by atoms with Crippen molar-refractivity contribution in [1.82, 2.24) is 4.90 Å². The van der Waals surface area contributed by atoms with Gasteiger partial charge < -0.3 is 14.7 Å². The highest BCUT2D eigenvalue weighted by atomic mass is 32.2. The van der Waals surface area contributed by atoms with E-state index < -0.39 is 12.2 Å². The summed E-state index contributed by atoms with van der Waals surface area (Å²) < 4.78 is 5.32. The summed E-state index contributed by atoms with van der Waals surface area (Å²) in [4.78, 5) is 24.8. The molecule has 5 nitrogen and oxygen atoms in total. The Hall–Kier alpha value is -1.53. The molecule has 0 aliphatic carbocycles. The molecule has 1 aromatic carbocycles. The van der Waals surface area contributed by atoms with Gasteiger partial charge in [0.2, 0.25) is 0 Å². The van der Waals surface area contributed by atoms with Crippen LogP contribution in [0.25, 0.3) is 0 Å². The van der Waals surface area contributed by atoms with Gasteiger partial charge >= 0.3 is 6.09 Å². The summed E-state index contributed by atoms with van der Waals surface area (Å²) in [5.74, 6) is 0.308. The molecule has 1 N–H and O–H groups in total. The Morgan fingerprint density at radius 1 is 1.41 bits per heavy atom. The predicted octanol–water partition coefficient (Wildman–Crippen LogP) is 2.43. The number of likely N-dealkylation sites (tertiary alicyclic amines) is 1. The normalized spacial score (nSPS) is 19.0. The maximum Gasteiger partial charge on any atom is 0.410 e. The number of carbonyl (C=O) groups excluding carboxylic acids is 2. The highest BCUT2D eigenvalue weighted by Crippen LogP contribution is 2.23. The standard InChI is InChI=1S/C16H21NO4S/c1-12(18)22-11-15(19)14-8-5-9-17(14)16(20)21-10-13-6-3-2-4-7-13/h2-4,6-7,14-15,19H,5,8-11H2,1H3/t14-,15-/m1/s1. The second-order valence-corrected chi connectivity index (χ2v) is 6.51. The van der Waals surface area contributed by atoms with E-state index in [9.17, 15) is 14.7 Å². The predicted molar refractivity (Wildman–Crippen MR) is 85.5 cm³/mol. The van der Waals surface area contributed by atoms with Crippen molar-refractivity contribution >= 4 is 23.0 Å². The van der Waals surface area contributed by atoms with Crippen molar-refractivity contribution in [3.8, 4) is 0 Å². The molecule has 2 rings (SSSR count). The van der Waals surface area contributed by atoms with Gasteiger partial charge in [-0.15, -0.1) is 0 Å². The SMILES string of the molecule is CC(=O)SC[C@@H](O)[C@H]1CCCN1C(=O)OCc1ccccc1. The molecule has 1 aromatic rings. The maximum absolute atomic E-state index is 12.2. The molecule has 0 radical (unpaired) electrons. The molecule has 0 spiro atoms. The minimum atomic E-state index is -0.708. The zero-order chi connectivity index (χ0) is 15.9. The summed E-state index contributed by atoms with van der Waals surface area (Å²) in [5, 5.41) is 10.1.